The van der Waals surface area contributed by atoms with Gasteiger partial charge < -0.3 is 15.2 Å². The van der Waals surface area contributed by atoms with Gasteiger partial charge in [-0.2, -0.15) is 0 Å². The molecular formula is C14H15BrINO2S. The normalized spacial score (nSPS) is 12.4. The molecule has 1 aromatic carbocycles. The van der Waals surface area contributed by atoms with Crippen molar-refractivity contribution in [3.8, 4) is 5.75 Å². The maximum Gasteiger partial charge on any atom is 0.133 e. The summed E-state index contributed by atoms with van der Waals surface area (Å²) in [7, 11) is 1.66. The first-order valence-electron chi connectivity index (χ1n) is 6.02. The molecule has 0 bridgehead atoms. The highest BCUT2D eigenvalue weighted by Crippen LogP contribution is 2.31. The van der Waals surface area contributed by atoms with Crippen LogP contribution in [0.15, 0.2) is 34.1 Å². The number of hydrogen-bond donors (Lipinski definition) is 1. The maximum absolute atomic E-state index is 6.29. The number of hydrogen-bond acceptors (Lipinski definition) is 4. The van der Waals surface area contributed by atoms with Crippen LogP contribution in [0.4, 0.5) is 0 Å². The van der Waals surface area contributed by atoms with Crippen LogP contribution < -0.4 is 10.5 Å². The summed E-state index contributed by atoms with van der Waals surface area (Å²) in [5, 5.41) is 2.10. The molecule has 2 aromatic rings. The smallest absolute Gasteiger partial charge is 0.133 e. The van der Waals surface area contributed by atoms with E-state index in [9.17, 15) is 0 Å². The molecule has 0 spiro atoms. The Hall–Kier alpha value is -0.150. The van der Waals surface area contributed by atoms with E-state index in [-0.39, 0.29) is 6.04 Å². The Balaban J connectivity index is 2.12. The maximum atomic E-state index is 6.29. The minimum atomic E-state index is -0.112. The van der Waals surface area contributed by atoms with Gasteiger partial charge in [0.2, 0.25) is 0 Å². The van der Waals surface area contributed by atoms with Crippen LogP contribution in [0.5, 0.6) is 5.75 Å². The molecule has 0 aliphatic rings. The zero-order valence-electron chi connectivity index (χ0n) is 10.9. The van der Waals surface area contributed by atoms with Gasteiger partial charge in [0, 0.05) is 7.11 Å². The topological polar surface area (TPSA) is 44.5 Å². The van der Waals surface area contributed by atoms with Gasteiger partial charge in [-0.1, -0.05) is 6.07 Å². The molecule has 6 heteroatoms. The Morgan fingerprint density at radius 1 is 1.30 bits per heavy atom. The second-order valence-electron chi connectivity index (χ2n) is 4.19. The molecule has 0 aliphatic heterocycles. The summed E-state index contributed by atoms with van der Waals surface area (Å²) >= 11 is 7.54. The third kappa shape index (κ3) is 4.17. The molecule has 0 aliphatic carbocycles. The molecule has 1 atom stereocenters. The van der Waals surface area contributed by atoms with Gasteiger partial charge in [0.1, 0.15) is 12.4 Å². The van der Waals surface area contributed by atoms with Crippen molar-refractivity contribution in [2.45, 2.75) is 6.04 Å². The third-order valence-corrected chi connectivity index (χ3v) is 5.23. The molecule has 0 saturated heterocycles. The van der Waals surface area contributed by atoms with Crippen molar-refractivity contribution < 1.29 is 9.47 Å². The Bertz CT molecular complexity index is 576. The molecule has 2 rings (SSSR count). The molecule has 0 amide bonds. The number of rotatable bonds is 6. The summed E-state index contributed by atoms with van der Waals surface area (Å²) in [4.78, 5) is 0. The van der Waals surface area contributed by atoms with E-state index >= 15 is 0 Å². The first-order chi connectivity index (χ1) is 9.61. The van der Waals surface area contributed by atoms with Crippen LogP contribution in [0.25, 0.3) is 0 Å². The summed E-state index contributed by atoms with van der Waals surface area (Å²) in [6.07, 6.45) is 0. The molecule has 3 nitrogen and oxygen atoms in total. The largest absolute Gasteiger partial charge is 0.490 e. The highest BCUT2D eigenvalue weighted by atomic mass is 127. The number of methoxy groups -OCH3 is 1. The summed E-state index contributed by atoms with van der Waals surface area (Å²) in [6.45, 7) is 1.10. The third-order valence-electron chi connectivity index (χ3n) is 2.81. The predicted molar refractivity (Wildman–Crippen MR) is 94.6 cm³/mol. The van der Waals surface area contributed by atoms with Crippen LogP contribution in [0.3, 0.4) is 0 Å². The van der Waals surface area contributed by atoms with Gasteiger partial charge in [-0.3, -0.25) is 0 Å². The van der Waals surface area contributed by atoms with E-state index in [4.69, 9.17) is 15.2 Å². The lowest BCUT2D eigenvalue weighted by atomic mass is 10.0. The van der Waals surface area contributed by atoms with Crippen molar-refractivity contribution in [2.24, 2.45) is 5.73 Å². The molecule has 108 valence electrons. The Morgan fingerprint density at radius 3 is 2.70 bits per heavy atom. The average molecular weight is 468 g/mol. The van der Waals surface area contributed by atoms with Gasteiger partial charge in [0.05, 0.1) is 20.0 Å². The number of ether oxygens (including phenoxy) is 2. The van der Waals surface area contributed by atoms with Crippen molar-refractivity contribution in [1.82, 2.24) is 0 Å². The van der Waals surface area contributed by atoms with Crippen molar-refractivity contribution >= 4 is 49.9 Å². The van der Waals surface area contributed by atoms with Crippen LogP contribution in [0.1, 0.15) is 17.2 Å². The molecule has 2 N–H and O–H groups in total. The van der Waals surface area contributed by atoms with Gasteiger partial charge in [0.15, 0.2) is 0 Å². The SMILES string of the molecule is COCCOc1ccc(C(N)c2csc(I)c2)cc1Br. The van der Waals surface area contributed by atoms with Crippen molar-refractivity contribution in [3.05, 3.63) is 48.1 Å². The molecule has 20 heavy (non-hydrogen) atoms. The van der Waals surface area contributed by atoms with Crippen LogP contribution >= 0.6 is 49.9 Å². The molecule has 1 aromatic heterocycles. The number of benzene rings is 1. The molecule has 1 unspecified atom stereocenters. The first-order valence-corrected chi connectivity index (χ1v) is 8.77. The van der Waals surface area contributed by atoms with Gasteiger partial charge in [-0.15, -0.1) is 11.3 Å². The number of halogens is 2. The van der Waals surface area contributed by atoms with E-state index in [0.29, 0.717) is 13.2 Å². The predicted octanol–water partition coefficient (Wildman–Crippen LogP) is 4.19. The standard InChI is InChI=1S/C14H15BrINO2S/c1-18-4-5-19-12-3-2-9(6-11(12)15)14(17)10-7-13(16)20-8-10/h2-3,6-8,14H,4-5,17H2,1H3. The van der Waals surface area contributed by atoms with E-state index < -0.39 is 0 Å². The minimum Gasteiger partial charge on any atom is -0.490 e. The fourth-order valence-electron chi connectivity index (χ4n) is 1.74. The van der Waals surface area contributed by atoms with Crippen LogP contribution in [0, 0.1) is 2.88 Å². The van der Waals surface area contributed by atoms with E-state index in [2.05, 4.69) is 50.0 Å². The van der Waals surface area contributed by atoms with Gasteiger partial charge in [0.25, 0.3) is 0 Å². The van der Waals surface area contributed by atoms with Crippen LogP contribution in [0.2, 0.25) is 0 Å². The second kappa shape index (κ2) is 7.74. The van der Waals surface area contributed by atoms with Gasteiger partial charge in [-0.05, 0) is 73.2 Å². The van der Waals surface area contributed by atoms with E-state index in [0.717, 1.165) is 21.3 Å². The lowest BCUT2D eigenvalue weighted by Crippen LogP contribution is -2.11. The average Bonchev–Trinajstić information content (AvgIpc) is 2.86. The van der Waals surface area contributed by atoms with Crippen molar-refractivity contribution in [1.29, 1.82) is 0 Å². The second-order valence-corrected chi connectivity index (χ2v) is 7.85. The molecule has 0 radical (unpaired) electrons. The first kappa shape index (κ1) is 16.2. The molecule has 0 fully saturated rings. The fraction of sp³-hybridized carbons (Fsp3) is 0.286. The summed E-state index contributed by atoms with van der Waals surface area (Å²) in [6, 6.07) is 7.96. The van der Waals surface area contributed by atoms with E-state index in [1.165, 1.54) is 2.88 Å². The summed E-state index contributed by atoms with van der Waals surface area (Å²) in [5.74, 6) is 0.804. The minimum absolute atomic E-state index is 0.112. The van der Waals surface area contributed by atoms with Crippen LogP contribution in [-0.4, -0.2) is 20.3 Å². The Kier molecular flexibility index (Phi) is 6.28. The Labute approximate surface area is 144 Å². The van der Waals surface area contributed by atoms with E-state index in [1.54, 1.807) is 18.4 Å². The van der Waals surface area contributed by atoms with E-state index in [1.807, 2.05) is 18.2 Å². The molecule has 1 heterocycles. The lowest BCUT2D eigenvalue weighted by molar-refractivity contribution is 0.146. The monoisotopic (exact) mass is 467 g/mol. The number of thiophene rings is 1. The van der Waals surface area contributed by atoms with Crippen molar-refractivity contribution in [3.63, 3.8) is 0 Å². The molecular weight excluding hydrogens is 453 g/mol. The zero-order valence-corrected chi connectivity index (χ0v) is 15.5. The summed E-state index contributed by atoms with van der Waals surface area (Å²) < 4.78 is 12.7. The van der Waals surface area contributed by atoms with Gasteiger partial charge >= 0.3 is 0 Å². The highest BCUT2D eigenvalue weighted by molar-refractivity contribution is 14.1. The zero-order chi connectivity index (χ0) is 14.5. The van der Waals surface area contributed by atoms with Gasteiger partial charge in [-0.25, -0.2) is 0 Å². The highest BCUT2D eigenvalue weighted by Gasteiger charge is 2.12. The lowest BCUT2D eigenvalue weighted by Gasteiger charge is -2.13. The Morgan fingerprint density at radius 2 is 2.10 bits per heavy atom. The quantitative estimate of drug-likeness (QED) is 0.511. The number of nitrogens with two attached hydrogens (primary N) is 1. The summed E-state index contributed by atoms with van der Waals surface area (Å²) in [5.41, 5.74) is 8.49. The fourth-order valence-corrected chi connectivity index (χ4v) is 3.66. The van der Waals surface area contributed by atoms with Crippen LogP contribution in [-0.2, 0) is 4.74 Å². The molecule has 0 saturated carbocycles. The van der Waals surface area contributed by atoms with Crippen molar-refractivity contribution in [2.75, 3.05) is 20.3 Å².